The molecule has 0 atom stereocenters. The molecule has 0 bridgehead atoms. The third kappa shape index (κ3) is 1.31. The van der Waals surface area contributed by atoms with Gasteiger partial charge < -0.3 is 4.74 Å². The first-order valence-electron chi connectivity index (χ1n) is 2.14. The number of rotatable bonds is 1. The lowest BCUT2D eigenvalue weighted by atomic mass is 11.0. The topological polar surface area (TPSA) is 47.9 Å². The van der Waals surface area contributed by atoms with Crippen LogP contribution in [0.3, 0.4) is 0 Å². The van der Waals surface area contributed by atoms with E-state index in [-0.39, 0.29) is 6.01 Å². The summed E-state index contributed by atoms with van der Waals surface area (Å²) in [5, 5.41) is 0. The number of halogens is 1. The summed E-state index contributed by atoms with van der Waals surface area (Å²) in [6.07, 6.45) is 1.13. The highest BCUT2D eigenvalue weighted by molar-refractivity contribution is 4.85. The molecule has 0 aliphatic rings. The van der Waals surface area contributed by atoms with Gasteiger partial charge in [-0.25, -0.2) is 0 Å². The summed E-state index contributed by atoms with van der Waals surface area (Å²) in [5.41, 5.74) is 0. The van der Waals surface area contributed by atoms with Crippen LogP contribution in [0.2, 0.25) is 0 Å². The van der Waals surface area contributed by atoms with E-state index in [0.29, 0.717) is 0 Å². The summed E-state index contributed by atoms with van der Waals surface area (Å²) in [6.45, 7) is 0. The van der Waals surface area contributed by atoms with Crippen LogP contribution in [0.1, 0.15) is 0 Å². The molecule has 0 aliphatic heterocycles. The fourth-order valence-corrected chi connectivity index (χ4v) is 0.329. The summed E-state index contributed by atoms with van der Waals surface area (Å²) < 4.78 is 16.4. The van der Waals surface area contributed by atoms with Gasteiger partial charge in [0, 0.05) is 0 Å². The minimum atomic E-state index is -0.887. The second-order valence-electron chi connectivity index (χ2n) is 1.19. The molecule has 1 heterocycles. The lowest BCUT2D eigenvalue weighted by Crippen LogP contribution is -1.95. The molecule has 0 aliphatic carbocycles. The third-order valence-electron chi connectivity index (χ3n) is 0.658. The van der Waals surface area contributed by atoms with Gasteiger partial charge in [0.05, 0.1) is 7.11 Å². The molecule has 0 N–H and O–H groups in total. The van der Waals surface area contributed by atoms with Crippen LogP contribution in [0.25, 0.3) is 0 Å². The standard InChI is InChI=1S/C4H3FN3O/c1-9-4-7-2-6-3(5)8-4/h1H3. The predicted molar refractivity (Wildman–Crippen MR) is 25.2 cm³/mol. The van der Waals surface area contributed by atoms with E-state index < -0.39 is 6.08 Å². The van der Waals surface area contributed by atoms with E-state index in [4.69, 9.17) is 0 Å². The molecule has 5 heteroatoms. The Hall–Kier alpha value is -1.26. The zero-order valence-electron chi connectivity index (χ0n) is 4.63. The van der Waals surface area contributed by atoms with Crippen molar-refractivity contribution in [3.05, 3.63) is 12.4 Å². The Labute approximate surface area is 50.7 Å². The lowest BCUT2D eigenvalue weighted by molar-refractivity contribution is 0.361. The Balaban J connectivity index is 2.94. The second-order valence-corrected chi connectivity index (χ2v) is 1.19. The van der Waals surface area contributed by atoms with Gasteiger partial charge in [-0.1, -0.05) is 0 Å². The number of hydrogen-bond donors (Lipinski definition) is 0. The van der Waals surface area contributed by atoms with Crippen LogP contribution < -0.4 is 4.74 Å². The highest BCUT2D eigenvalue weighted by Gasteiger charge is 1.95. The summed E-state index contributed by atoms with van der Waals surface area (Å²) in [4.78, 5) is 9.49. The molecule has 0 saturated carbocycles. The molecule has 0 aromatic carbocycles. The zero-order valence-corrected chi connectivity index (χ0v) is 4.63. The van der Waals surface area contributed by atoms with Gasteiger partial charge in [-0.15, -0.1) is 4.98 Å². The van der Waals surface area contributed by atoms with Gasteiger partial charge in [-0.2, -0.15) is 14.4 Å². The molecule has 1 aromatic heterocycles. The van der Waals surface area contributed by atoms with Crippen molar-refractivity contribution in [1.82, 2.24) is 15.0 Å². The Morgan fingerprint density at radius 2 is 2.33 bits per heavy atom. The Morgan fingerprint density at radius 3 is 2.78 bits per heavy atom. The molecule has 9 heavy (non-hydrogen) atoms. The molecular formula is C4H3FN3O. The van der Waals surface area contributed by atoms with Gasteiger partial charge in [-0.05, 0) is 0 Å². The maximum Gasteiger partial charge on any atom is 0.322 e. The van der Waals surface area contributed by atoms with Crippen LogP contribution >= 0.6 is 0 Å². The smallest absolute Gasteiger partial charge is 0.322 e. The van der Waals surface area contributed by atoms with Crippen molar-refractivity contribution >= 4 is 0 Å². The van der Waals surface area contributed by atoms with Crippen molar-refractivity contribution < 1.29 is 9.13 Å². The van der Waals surface area contributed by atoms with Crippen LogP contribution in [-0.4, -0.2) is 22.1 Å². The molecule has 0 saturated heterocycles. The number of methoxy groups -OCH3 is 1. The first kappa shape index (κ1) is 5.87. The maximum atomic E-state index is 12.0. The molecule has 1 rings (SSSR count). The van der Waals surface area contributed by atoms with Crippen LogP contribution in [0.5, 0.6) is 6.01 Å². The molecular weight excluding hydrogens is 125 g/mol. The molecule has 0 fully saturated rings. The van der Waals surface area contributed by atoms with Crippen molar-refractivity contribution in [2.24, 2.45) is 0 Å². The summed E-state index contributed by atoms with van der Waals surface area (Å²) in [7, 11) is 1.34. The highest BCUT2D eigenvalue weighted by atomic mass is 19.1. The highest BCUT2D eigenvalue weighted by Crippen LogP contribution is 1.94. The second kappa shape index (κ2) is 2.34. The molecule has 0 amide bonds. The summed E-state index contributed by atoms with van der Waals surface area (Å²) >= 11 is 0. The quantitative estimate of drug-likeness (QED) is 0.526. The summed E-state index contributed by atoms with van der Waals surface area (Å²) in [6, 6.07) is -0.0671. The monoisotopic (exact) mass is 128 g/mol. The van der Waals surface area contributed by atoms with Crippen molar-refractivity contribution in [3.8, 4) is 6.01 Å². The van der Waals surface area contributed by atoms with Gasteiger partial charge in [0.25, 0.3) is 0 Å². The van der Waals surface area contributed by atoms with Crippen molar-refractivity contribution in [2.75, 3.05) is 7.11 Å². The number of nitrogens with zero attached hydrogens (tertiary/aromatic N) is 3. The number of hydrogen-bond acceptors (Lipinski definition) is 4. The van der Waals surface area contributed by atoms with E-state index in [1.807, 2.05) is 6.33 Å². The van der Waals surface area contributed by atoms with Crippen molar-refractivity contribution in [3.63, 3.8) is 0 Å². The van der Waals surface area contributed by atoms with Crippen LogP contribution in [-0.2, 0) is 0 Å². The van der Waals surface area contributed by atoms with Crippen LogP contribution in [0.15, 0.2) is 0 Å². The van der Waals surface area contributed by atoms with E-state index in [1.54, 1.807) is 0 Å². The van der Waals surface area contributed by atoms with Gasteiger partial charge in [0.1, 0.15) is 0 Å². The predicted octanol–water partition coefficient (Wildman–Crippen LogP) is -0.181. The Morgan fingerprint density at radius 1 is 1.56 bits per heavy atom. The SMILES string of the molecule is COc1n[c]nc(F)n1. The minimum Gasteiger partial charge on any atom is -0.467 e. The Kier molecular flexibility index (Phi) is 1.53. The zero-order chi connectivity index (χ0) is 6.69. The molecule has 0 spiro atoms. The first-order chi connectivity index (χ1) is 4.33. The van der Waals surface area contributed by atoms with Gasteiger partial charge in [-0.3, -0.25) is 0 Å². The molecule has 1 radical (unpaired) electrons. The van der Waals surface area contributed by atoms with E-state index in [2.05, 4.69) is 19.7 Å². The third-order valence-corrected chi connectivity index (χ3v) is 0.658. The van der Waals surface area contributed by atoms with Crippen LogP contribution in [0, 0.1) is 12.4 Å². The van der Waals surface area contributed by atoms with Crippen molar-refractivity contribution in [1.29, 1.82) is 0 Å². The molecule has 1 aromatic rings. The van der Waals surface area contributed by atoms with Gasteiger partial charge >= 0.3 is 12.1 Å². The van der Waals surface area contributed by atoms with Gasteiger partial charge in [0.15, 0.2) is 0 Å². The van der Waals surface area contributed by atoms with E-state index in [9.17, 15) is 4.39 Å². The normalized spacial score (nSPS) is 9.11. The fourth-order valence-electron chi connectivity index (χ4n) is 0.329. The molecule has 4 nitrogen and oxygen atoms in total. The van der Waals surface area contributed by atoms with Crippen molar-refractivity contribution in [2.45, 2.75) is 0 Å². The van der Waals surface area contributed by atoms with Crippen LogP contribution in [0.4, 0.5) is 4.39 Å². The average molecular weight is 128 g/mol. The van der Waals surface area contributed by atoms with E-state index in [1.165, 1.54) is 7.11 Å². The first-order valence-corrected chi connectivity index (χ1v) is 2.14. The Bertz CT molecular complexity index is 205. The van der Waals surface area contributed by atoms with E-state index >= 15 is 0 Å². The summed E-state index contributed by atoms with van der Waals surface area (Å²) in [5.74, 6) is 0. The van der Waals surface area contributed by atoms with E-state index in [0.717, 1.165) is 0 Å². The largest absolute Gasteiger partial charge is 0.467 e. The minimum absolute atomic E-state index is 0.0671. The molecule has 0 unspecified atom stereocenters. The maximum absolute atomic E-state index is 12.0. The van der Waals surface area contributed by atoms with Gasteiger partial charge in [0.2, 0.25) is 6.33 Å². The molecule has 47 valence electrons. The average Bonchev–Trinajstić information content (AvgIpc) is 1.88. The number of aromatic nitrogens is 3. The lowest BCUT2D eigenvalue weighted by Gasteiger charge is -1.91. The fraction of sp³-hybridized carbons (Fsp3) is 0.250. The number of ether oxygens (including phenoxy) is 1.